The van der Waals surface area contributed by atoms with E-state index in [9.17, 15) is 13.2 Å². The Morgan fingerprint density at radius 1 is 1.26 bits per heavy atom. The Labute approximate surface area is 136 Å². The van der Waals surface area contributed by atoms with E-state index in [0.717, 1.165) is 23.9 Å². The highest BCUT2D eigenvalue weighted by atomic mass is 35.5. The number of oxime groups is 1. The van der Waals surface area contributed by atoms with Crippen molar-refractivity contribution < 1.29 is 18.0 Å². The predicted molar refractivity (Wildman–Crippen MR) is 82.3 cm³/mol. The Morgan fingerprint density at radius 3 is 2.65 bits per heavy atom. The van der Waals surface area contributed by atoms with Crippen LogP contribution in [0.25, 0.3) is 0 Å². The summed E-state index contributed by atoms with van der Waals surface area (Å²) in [7, 11) is 0. The summed E-state index contributed by atoms with van der Waals surface area (Å²) in [6.45, 7) is 1.89. The Hall–Kier alpha value is -2.08. The molecule has 2 rings (SSSR count). The minimum absolute atomic E-state index is 0.127. The van der Waals surface area contributed by atoms with Crippen LogP contribution in [-0.4, -0.2) is 10.7 Å². The molecule has 0 bridgehead atoms. The molecule has 122 valence electrons. The zero-order valence-corrected chi connectivity index (χ0v) is 13.0. The number of halogens is 4. The number of nitrogens with zero attached hydrogens (tertiary/aromatic N) is 2. The maximum Gasteiger partial charge on any atom is 0.416 e. The van der Waals surface area contributed by atoms with E-state index in [-0.39, 0.29) is 12.3 Å². The van der Waals surface area contributed by atoms with Gasteiger partial charge in [0.25, 0.3) is 0 Å². The molecule has 2 aromatic rings. The second-order valence-electron chi connectivity index (χ2n) is 4.68. The first-order chi connectivity index (χ1) is 10.9. The summed E-state index contributed by atoms with van der Waals surface area (Å²) in [5.41, 5.74) is 0.449. The molecule has 3 nitrogen and oxygen atoms in total. The molecular formula is C16H14ClF3N2O. The van der Waals surface area contributed by atoms with Crippen LogP contribution < -0.4 is 0 Å². The fourth-order valence-electron chi connectivity index (χ4n) is 1.85. The molecule has 0 fully saturated rings. The van der Waals surface area contributed by atoms with Gasteiger partial charge in [0.15, 0.2) is 0 Å². The topological polar surface area (TPSA) is 34.5 Å². The van der Waals surface area contributed by atoms with Crippen molar-refractivity contribution in [3.63, 3.8) is 0 Å². The number of rotatable bonds is 5. The first-order valence-corrected chi connectivity index (χ1v) is 7.25. The van der Waals surface area contributed by atoms with Gasteiger partial charge >= 0.3 is 6.18 Å². The van der Waals surface area contributed by atoms with E-state index in [1.54, 1.807) is 25.1 Å². The molecule has 0 N–H and O–H groups in total. The van der Waals surface area contributed by atoms with E-state index >= 15 is 0 Å². The van der Waals surface area contributed by atoms with Crippen molar-refractivity contribution in [1.29, 1.82) is 0 Å². The van der Waals surface area contributed by atoms with Crippen molar-refractivity contribution in [2.24, 2.45) is 5.16 Å². The van der Waals surface area contributed by atoms with Gasteiger partial charge in [0, 0.05) is 16.8 Å². The van der Waals surface area contributed by atoms with Crippen molar-refractivity contribution in [3.05, 3.63) is 64.4 Å². The number of aromatic nitrogens is 1. The van der Waals surface area contributed by atoms with Gasteiger partial charge in [-0.25, -0.2) is 0 Å². The Morgan fingerprint density at radius 2 is 2.00 bits per heavy atom. The molecule has 7 heteroatoms. The van der Waals surface area contributed by atoms with E-state index in [1.807, 2.05) is 6.07 Å². The normalized spacial score (nSPS) is 12.3. The van der Waals surface area contributed by atoms with Gasteiger partial charge in [-0.2, -0.15) is 13.2 Å². The maximum absolute atomic E-state index is 12.7. The summed E-state index contributed by atoms with van der Waals surface area (Å²) in [6.07, 6.45) is -2.93. The highest BCUT2D eigenvalue weighted by molar-refractivity contribution is 6.31. The number of hydrogen-bond acceptors (Lipinski definition) is 3. The van der Waals surface area contributed by atoms with Crippen LogP contribution >= 0.6 is 11.6 Å². The lowest BCUT2D eigenvalue weighted by atomic mass is 10.1. The van der Waals surface area contributed by atoms with E-state index in [0.29, 0.717) is 17.2 Å². The number of alkyl halides is 3. The second-order valence-corrected chi connectivity index (χ2v) is 5.09. The molecule has 0 aliphatic rings. The average molecular weight is 343 g/mol. The molecule has 0 aliphatic carbocycles. The molecule has 0 saturated heterocycles. The van der Waals surface area contributed by atoms with Crippen LogP contribution in [0.5, 0.6) is 0 Å². The van der Waals surface area contributed by atoms with E-state index in [1.165, 1.54) is 0 Å². The van der Waals surface area contributed by atoms with Gasteiger partial charge in [-0.15, -0.1) is 0 Å². The largest absolute Gasteiger partial charge is 0.416 e. The second kappa shape index (κ2) is 7.46. The van der Waals surface area contributed by atoms with Crippen molar-refractivity contribution in [3.8, 4) is 0 Å². The fraction of sp³-hybridized carbons (Fsp3) is 0.250. The van der Waals surface area contributed by atoms with Crippen LogP contribution in [0.4, 0.5) is 13.2 Å². The standard InChI is InChI=1S/C16H14ClF3N2O/c1-2-14(15-9-12(7-8-21-15)16(18,19)20)22-23-10-11-5-3-4-6-13(11)17/h3-9H,2,10H2,1H3. The summed E-state index contributed by atoms with van der Waals surface area (Å²) < 4.78 is 38.2. The molecule has 0 saturated carbocycles. The molecule has 0 atom stereocenters. The molecule has 0 spiro atoms. The SMILES string of the molecule is CCC(=NOCc1ccccc1Cl)c1cc(C(F)(F)F)ccn1. The molecule has 0 radical (unpaired) electrons. The minimum Gasteiger partial charge on any atom is -0.391 e. The third kappa shape index (κ3) is 4.69. The van der Waals surface area contributed by atoms with Crippen LogP contribution in [0.15, 0.2) is 47.8 Å². The molecule has 1 aromatic heterocycles. The lowest BCUT2D eigenvalue weighted by Crippen LogP contribution is -2.09. The minimum atomic E-state index is -4.42. The Bertz CT molecular complexity index is 702. The number of hydrogen-bond donors (Lipinski definition) is 0. The van der Waals surface area contributed by atoms with E-state index in [2.05, 4.69) is 10.1 Å². The monoisotopic (exact) mass is 342 g/mol. The highest BCUT2D eigenvalue weighted by Crippen LogP contribution is 2.29. The van der Waals surface area contributed by atoms with Gasteiger partial charge in [0.1, 0.15) is 12.3 Å². The first kappa shape index (κ1) is 17.3. The third-order valence-corrected chi connectivity index (χ3v) is 3.44. The van der Waals surface area contributed by atoms with E-state index < -0.39 is 11.7 Å². The average Bonchev–Trinajstić information content (AvgIpc) is 2.52. The summed E-state index contributed by atoms with van der Waals surface area (Å²) in [6, 6.07) is 8.98. The maximum atomic E-state index is 12.7. The Kier molecular flexibility index (Phi) is 5.60. The molecule has 1 heterocycles. The van der Waals surface area contributed by atoms with Crippen molar-refractivity contribution in [2.45, 2.75) is 26.1 Å². The zero-order chi connectivity index (χ0) is 16.9. The summed E-state index contributed by atoms with van der Waals surface area (Å²) in [5, 5.41) is 4.44. The van der Waals surface area contributed by atoms with Crippen molar-refractivity contribution >= 4 is 17.3 Å². The van der Waals surface area contributed by atoms with Crippen molar-refractivity contribution in [2.75, 3.05) is 0 Å². The van der Waals surface area contributed by atoms with Crippen LogP contribution in [0.2, 0.25) is 5.02 Å². The number of pyridine rings is 1. The van der Waals surface area contributed by atoms with Gasteiger partial charge in [-0.3, -0.25) is 4.98 Å². The zero-order valence-electron chi connectivity index (χ0n) is 12.3. The third-order valence-electron chi connectivity index (χ3n) is 3.07. The molecule has 0 amide bonds. The summed E-state index contributed by atoms with van der Waals surface area (Å²) >= 11 is 6.00. The first-order valence-electron chi connectivity index (χ1n) is 6.87. The summed E-state index contributed by atoms with van der Waals surface area (Å²) in [4.78, 5) is 9.15. The predicted octanol–water partition coefficient (Wildman–Crippen LogP) is 5.08. The van der Waals surface area contributed by atoms with Gasteiger partial charge in [0.2, 0.25) is 0 Å². The lowest BCUT2D eigenvalue weighted by Gasteiger charge is -2.09. The molecule has 23 heavy (non-hydrogen) atoms. The lowest BCUT2D eigenvalue weighted by molar-refractivity contribution is -0.137. The van der Waals surface area contributed by atoms with Crippen molar-refractivity contribution in [1.82, 2.24) is 4.98 Å². The molecule has 0 unspecified atom stereocenters. The fourth-order valence-corrected chi connectivity index (χ4v) is 2.04. The van der Waals surface area contributed by atoms with E-state index in [4.69, 9.17) is 16.4 Å². The van der Waals surface area contributed by atoms with Gasteiger partial charge < -0.3 is 4.84 Å². The smallest absolute Gasteiger partial charge is 0.391 e. The summed E-state index contributed by atoms with van der Waals surface area (Å²) in [5.74, 6) is 0. The Balaban J connectivity index is 2.15. The van der Waals surface area contributed by atoms with Crippen LogP contribution in [0, 0.1) is 0 Å². The number of benzene rings is 1. The van der Waals surface area contributed by atoms with Gasteiger partial charge in [0.05, 0.1) is 11.3 Å². The van der Waals surface area contributed by atoms with Crippen LogP contribution in [-0.2, 0) is 17.6 Å². The van der Waals surface area contributed by atoms with Gasteiger partial charge in [-0.05, 0) is 24.6 Å². The quantitative estimate of drug-likeness (QED) is 0.560. The van der Waals surface area contributed by atoms with Crippen LogP contribution in [0.1, 0.15) is 30.2 Å². The molecule has 0 aliphatic heterocycles. The van der Waals surface area contributed by atoms with Crippen LogP contribution in [0.3, 0.4) is 0 Å². The molecule has 1 aromatic carbocycles. The van der Waals surface area contributed by atoms with Gasteiger partial charge in [-0.1, -0.05) is 41.9 Å². The molecular weight excluding hydrogens is 329 g/mol. The highest BCUT2D eigenvalue weighted by Gasteiger charge is 2.31.